The molecule has 0 saturated heterocycles. The molecule has 1 heterocycles. The second kappa shape index (κ2) is 4.50. The van der Waals surface area contributed by atoms with Crippen LogP contribution in [0.4, 0.5) is 10.1 Å². The van der Waals surface area contributed by atoms with E-state index in [2.05, 4.69) is 9.71 Å². The van der Waals surface area contributed by atoms with Gasteiger partial charge < -0.3 is 0 Å². The maximum absolute atomic E-state index is 12.6. The van der Waals surface area contributed by atoms with Crippen LogP contribution in [-0.4, -0.2) is 13.4 Å². The van der Waals surface area contributed by atoms with E-state index in [0.29, 0.717) is 0 Å². The molecular weight excluding hydrogens is 243 g/mol. The number of nitrogens with zero attached hydrogens (tertiary/aromatic N) is 1. The van der Waals surface area contributed by atoms with Crippen molar-refractivity contribution in [3.8, 4) is 0 Å². The van der Waals surface area contributed by atoms with Gasteiger partial charge in [0, 0.05) is 0 Å². The smallest absolute Gasteiger partial charge is 0.261 e. The largest absolute Gasteiger partial charge is 0.278 e. The van der Waals surface area contributed by atoms with Crippen LogP contribution in [0.25, 0.3) is 0 Å². The van der Waals surface area contributed by atoms with Crippen molar-refractivity contribution in [2.45, 2.75) is 4.90 Å². The normalized spacial score (nSPS) is 11.1. The first kappa shape index (κ1) is 11.5. The molecule has 0 spiro atoms. The molecule has 0 amide bonds. The summed E-state index contributed by atoms with van der Waals surface area (Å²) in [5, 5.41) is 0. The molecule has 0 aliphatic carbocycles. The molecule has 1 N–H and O–H groups in total. The second-order valence-corrected chi connectivity index (χ2v) is 4.97. The third-order valence-electron chi connectivity index (χ3n) is 2.03. The monoisotopic (exact) mass is 252 g/mol. The first-order valence-corrected chi connectivity index (χ1v) is 6.26. The average Bonchev–Trinajstić information content (AvgIpc) is 2.33. The van der Waals surface area contributed by atoms with Crippen LogP contribution in [0, 0.1) is 5.95 Å². The molecule has 1 aromatic heterocycles. The molecule has 0 saturated carbocycles. The fraction of sp³-hybridized carbons (Fsp3) is 0. The molecule has 0 aliphatic heterocycles. The van der Waals surface area contributed by atoms with Crippen molar-refractivity contribution in [1.29, 1.82) is 0 Å². The maximum atomic E-state index is 12.6. The zero-order chi connectivity index (χ0) is 12.3. The van der Waals surface area contributed by atoms with Gasteiger partial charge in [0.25, 0.3) is 10.0 Å². The topological polar surface area (TPSA) is 59.1 Å². The highest BCUT2D eigenvalue weighted by Crippen LogP contribution is 2.14. The summed E-state index contributed by atoms with van der Waals surface area (Å²) in [7, 11) is -3.64. The number of rotatable bonds is 3. The van der Waals surface area contributed by atoms with E-state index in [1.165, 1.54) is 18.2 Å². The predicted molar refractivity (Wildman–Crippen MR) is 61.4 cm³/mol. The molecular formula is C11H9FN2O2S. The molecule has 2 aromatic rings. The van der Waals surface area contributed by atoms with Gasteiger partial charge in [0.05, 0.1) is 16.8 Å². The summed E-state index contributed by atoms with van der Waals surface area (Å²) in [6.07, 6.45) is 1.12. The van der Waals surface area contributed by atoms with Gasteiger partial charge in [0.1, 0.15) is 0 Å². The molecule has 88 valence electrons. The lowest BCUT2D eigenvalue weighted by atomic mass is 10.4. The first-order valence-electron chi connectivity index (χ1n) is 4.77. The van der Waals surface area contributed by atoms with Crippen LogP contribution in [-0.2, 0) is 10.0 Å². The van der Waals surface area contributed by atoms with Crippen LogP contribution >= 0.6 is 0 Å². The van der Waals surface area contributed by atoms with E-state index in [-0.39, 0.29) is 10.6 Å². The maximum Gasteiger partial charge on any atom is 0.261 e. The van der Waals surface area contributed by atoms with E-state index in [1.807, 2.05) is 0 Å². The Hall–Kier alpha value is -1.95. The Morgan fingerprint density at radius 1 is 1.06 bits per heavy atom. The Kier molecular flexibility index (Phi) is 3.06. The lowest BCUT2D eigenvalue weighted by Crippen LogP contribution is -2.12. The number of halogens is 1. The number of hydrogen-bond acceptors (Lipinski definition) is 3. The van der Waals surface area contributed by atoms with Gasteiger partial charge in [-0.1, -0.05) is 18.2 Å². The van der Waals surface area contributed by atoms with Gasteiger partial charge >= 0.3 is 0 Å². The van der Waals surface area contributed by atoms with E-state index < -0.39 is 16.0 Å². The van der Waals surface area contributed by atoms with Crippen molar-refractivity contribution in [3.05, 3.63) is 54.6 Å². The number of nitrogens with one attached hydrogen (secondary N) is 1. The van der Waals surface area contributed by atoms with Gasteiger partial charge in [-0.05, 0) is 24.3 Å². The Morgan fingerprint density at radius 2 is 1.76 bits per heavy atom. The molecule has 0 radical (unpaired) electrons. The van der Waals surface area contributed by atoms with Gasteiger partial charge in [-0.3, -0.25) is 4.72 Å². The Bertz CT molecular complexity index is 597. The third-order valence-corrected chi connectivity index (χ3v) is 3.43. The number of pyridine rings is 1. The zero-order valence-corrected chi connectivity index (χ0v) is 9.49. The molecule has 1 aromatic carbocycles. The molecule has 0 unspecified atom stereocenters. The Labute approximate surface area is 98.2 Å². The number of aromatic nitrogens is 1. The fourth-order valence-corrected chi connectivity index (χ4v) is 2.31. The highest BCUT2D eigenvalue weighted by atomic mass is 32.2. The highest BCUT2D eigenvalue weighted by Gasteiger charge is 2.13. The summed E-state index contributed by atoms with van der Waals surface area (Å²) in [4.78, 5) is 3.51. The van der Waals surface area contributed by atoms with Crippen LogP contribution in [0.1, 0.15) is 0 Å². The summed E-state index contributed by atoms with van der Waals surface area (Å²) in [5.74, 6) is -0.660. The minimum Gasteiger partial charge on any atom is -0.278 e. The van der Waals surface area contributed by atoms with Crippen LogP contribution in [0.5, 0.6) is 0 Å². The minimum absolute atomic E-state index is 0.143. The van der Waals surface area contributed by atoms with E-state index in [4.69, 9.17) is 0 Å². The summed E-state index contributed by atoms with van der Waals surface area (Å²) in [5.41, 5.74) is 0.218. The van der Waals surface area contributed by atoms with Crippen molar-refractivity contribution in [3.63, 3.8) is 0 Å². The quantitative estimate of drug-likeness (QED) is 0.850. The lowest BCUT2D eigenvalue weighted by molar-refractivity contribution is 0.583. The van der Waals surface area contributed by atoms with Gasteiger partial charge in [-0.25, -0.2) is 13.4 Å². The van der Waals surface area contributed by atoms with E-state index in [9.17, 15) is 12.8 Å². The van der Waals surface area contributed by atoms with Crippen LogP contribution < -0.4 is 4.72 Å². The van der Waals surface area contributed by atoms with E-state index in [0.717, 1.165) is 12.3 Å². The van der Waals surface area contributed by atoms with E-state index in [1.54, 1.807) is 18.2 Å². The molecule has 0 bridgehead atoms. The number of sulfonamides is 1. The summed E-state index contributed by atoms with van der Waals surface area (Å²) < 4.78 is 38.6. The molecule has 2 rings (SSSR count). The van der Waals surface area contributed by atoms with Gasteiger partial charge in [0.15, 0.2) is 0 Å². The lowest BCUT2D eigenvalue weighted by Gasteiger charge is -2.06. The summed E-state index contributed by atoms with van der Waals surface area (Å²) in [6.45, 7) is 0. The standard InChI is InChI=1S/C11H9FN2O2S/c12-11-7-6-9(8-13-11)14-17(15,16)10-4-2-1-3-5-10/h1-8,14H. The highest BCUT2D eigenvalue weighted by molar-refractivity contribution is 7.92. The SMILES string of the molecule is O=S(=O)(Nc1ccc(F)nc1)c1ccccc1. The van der Waals surface area contributed by atoms with Crippen LogP contribution in [0.2, 0.25) is 0 Å². The van der Waals surface area contributed by atoms with Crippen LogP contribution in [0.15, 0.2) is 53.6 Å². The number of benzene rings is 1. The first-order chi connectivity index (χ1) is 8.08. The predicted octanol–water partition coefficient (Wildman–Crippen LogP) is 2.02. The van der Waals surface area contributed by atoms with Gasteiger partial charge in [-0.15, -0.1) is 0 Å². The molecule has 6 heteroatoms. The third kappa shape index (κ3) is 2.79. The average molecular weight is 252 g/mol. The summed E-state index contributed by atoms with van der Waals surface area (Å²) in [6, 6.07) is 10.3. The van der Waals surface area contributed by atoms with Gasteiger partial charge in [-0.2, -0.15) is 4.39 Å². The van der Waals surface area contributed by atoms with Gasteiger partial charge in [0.2, 0.25) is 5.95 Å². The molecule has 0 atom stereocenters. The minimum atomic E-state index is -3.64. The zero-order valence-electron chi connectivity index (χ0n) is 8.67. The van der Waals surface area contributed by atoms with E-state index >= 15 is 0 Å². The molecule has 4 nitrogen and oxygen atoms in total. The summed E-state index contributed by atoms with van der Waals surface area (Å²) >= 11 is 0. The van der Waals surface area contributed by atoms with Crippen molar-refractivity contribution in [2.24, 2.45) is 0 Å². The Morgan fingerprint density at radius 3 is 2.35 bits per heavy atom. The van der Waals surface area contributed by atoms with Crippen molar-refractivity contribution >= 4 is 15.7 Å². The number of hydrogen-bond donors (Lipinski definition) is 1. The molecule has 0 fully saturated rings. The van der Waals surface area contributed by atoms with Crippen LogP contribution in [0.3, 0.4) is 0 Å². The van der Waals surface area contributed by atoms with Crippen molar-refractivity contribution < 1.29 is 12.8 Å². The fourth-order valence-electron chi connectivity index (χ4n) is 1.25. The molecule has 17 heavy (non-hydrogen) atoms. The molecule has 0 aliphatic rings. The number of anilines is 1. The Balaban J connectivity index is 2.27. The van der Waals surface area contributed by atoms with Crippen molar-refractivity contribution in [2.75, 3.05) is 4.72 Å². The second-order valence-electron chi connectivity index (χ2n) is 3.29. The van der Waals surface area contributed by atoms with Crippen molar-refractivity contribution in [1.82, 2.24) is 4.98 Å².